The highest BCUT2D eigenvalue weighted by molar-refractivity contribution is 5.91. The first kappa shape index (κ1) is 17.7. The van der Waals surface area contributed by atoms with Crippen molar-refractivity contribution >= 4 is 11.6 Å². The summed E-state index contributed by atoms with van der Waals surface area (Å²) in [5, 5.41) is 6.28. The van der Waals surface area contributed by atoms with Gasteiger partial charge in [0, 0.05) is 18.2 Å². The molecule has 0 spiro atoms. The van der Waals surface area contributed by atoms with Gasteiger partial charge in [-0.25, -0.2) is 0 Å². The summed E-state index contributed by atoms with van der Waals surface area (Å²) in [6.07, 6.45) is 1.62. The number of carbonyl (C=O) groups is 1. The molecular weight excluding hydrogens is 260 g/mol. The van der Waals surface area contributed by atoms with Crippen molar-refractivity contribution in [3.8, 4) is 0 Å². The number of carbonyl (C=O) groups excluding carboxylic acids is 1. The fourth-order valence-corrected chi connectivity index (χ4v) is 2.78. The summed E-state index contributed by atoms with van der Waals surface area (Å²) in [6.45, 7) is 10.9. The first-order chi connectivity index (χ1) is 9.73. The van der Waals surface area contributed by atoms with Crippen LogP contribution in [0.5, 0.6) is 0 Å². The average molecular weight is 290 g/mol. The Bertz CT molecular complexity index is 463. The summed E-state index contributed by atoms with van der Waals surface area (Å²) in [5.74, 6) is 0.487. The second kappa shape index (κ2) is 7.60. The molecule has 0 aliphatic rings. The number of hydrogen-bond acceptors (Lipinski definition) is 2. The molecule has 0 aliphatic heterocycles. The zero-order chi connectivity index (χ0) is 16.0. The normalized spacial score (nSPS) is 14.6. The van der Waals surface area contributed by atoms with Crippen molar-refractivity contribution in [3.05, 3.63) is 29.8 Å². The van der Waals surface area contributed by atoms with Gasteiger partial charge in [0.25, 0.3) is 0 Å². The van der Waals surface area contributed by atoms with Crippen LogP contribution in [0.3, 0.4) is 0 Å². The lowest BCUT2D eigenvalue weighted by Gasteiger charge is -2.23. The van der Waals surface area contributed by atoms with Crippen molar-refractivity contribution in [2.24, 2.45) is 11.3 Å². The van der Waals surface area contributed by atoms with Crippen LogP contribution >= 0.6 is 0 Å². The maximum Gasteiger partial charge on any atom is 0.224 e. The van der Waals surface area contributed by atoms with E-state index in [1.54, 1.807) is 0 Å². The molecule has 0 fully saturated rings. The molecule has 1 aromatic carbocycles. The number of nitrogens with one attached hydrogen (secondary N) is 2. The van der Waals surface area contributed by atoms with Crippen LogP contribution in [0.15, 0.2) is 24.3 Å². The molecule has 2 atom stereocenters. The van der Waals surface area contributed by atoms with Crippen LogP contribution in [0, 0.1) is 11.3 Å². The summed E-state index contributed by atoms with van der Waals surface area (Å²) < 4.78 is 0. The van der Waals surface area contributed by atoms with Crippen molar-refractivity contribution in [3.63, 3.8) is 0 Å². The summed E-state index contributed by atoms with van der Waals surface area (Å²) in [4.78, 5) is 12.2. The summed E-state index contributed by atoms with van der Waals surface area (Å²) in [5.41, 5.74) is 2.29. The molecule has 118 valence electrons. The number of amides is 1. The van der Waals surface area contributed by atoms with Crippen LogP contribution in [0.25, 0.3) is 0 Å². The minimum absolute atomic E-state index is 0.0995. The Hall–Kier alpha value is -1.35. The second-order valence-corrected chi connectivity index (χ2v) is 7.22. The van der Waals surface area contributed by atoms with Gasteiger partial charge in [0.15, 0.2) is 0 Å². The van der Waals surface area contributed by atoms with E-state index in [9.17, 15) is 4.79 Å². The zero-order valence-electron chi connectivity index (χ0n) is 14.3. The van der Waals surface area contributed by atoms with E-state index < -0.39 is 0 Å². The van der Waals surface area contributed by atoms with Gasteiger partial charge in [-0.1, -0.05) is 45.9 Å². The average Bonchev–Trinajstić information content (AvgIpc) is 2.35. The van der Waals surface area contributed by atoms with Crippen LogP contribution in [-0.2, 0) is 4.79 Å². The topological polar surface area (TPSA) is 41.1 Å². The van der Waals surface area contributed by atoms with E-state index in [-0.39, 0.29) is 17.4 Å². The quantitative estimate of drug-likeness (QED) is 0.817. The molecule has 2 unspecified atom stereocenters. The lowest BCUT2D eigenvalue weighted by molar-refractivity contribution is -0.117. The van der Waals surface area contributed by atoms with E-state index in [1.807, 2.05) is 25.2 Å². The number of para-hydroxylation sites is 1. The van der Waals surface area contributed by atoms with Gasteiger partial charge in [0.2, 0.25) is 5.91 Å². The molecule has 0 radical (unpaired) electrons. The van der Waals surface area contributed by atoms with Crippen molar-refractivity contribution in [1.82, 2.24) is 5.32 Å². The van der Waals surface area contributed by atoms with Gasteiger partial charge < -0.3 is 10.6 Å². The largest absolute Gasteiger partial charge is 0.326 e. The number of hydrogen-bond donors (Lipinski definition) is 2. The van der Waals surface area contributed by atoms with Gasteiger partial charge in [0.1, 0.15) is 0 Å². The second-order valence-electron chi connectivity index (χ2n) is 7.22. The smallest absolute Gasteiger partial charge is 0.224 e. The van der Waals surface area contributed by atoms with Gasteiger partial charge in [-0.2, -0.15) is 0 Å². The van der Waals surface area contributed by atoms with E-state index in [0.717, 1.165) is 17.7 Å². The first-order valence-electron chi connectivity index (χ1n) is 7.79. The number of rotatable bonds is 6. The van der Waals surface area contributed by atoms with Crippen molar-refractivity contribution in [2.75, 3.05) is 12.4 Å². The molecule has 2 N–H and O–H groups in total. The van der Waals surface area contributed by atoms with Crippen LogP contribution in [0.1, 0.15) is 59.1 Å². The number of benzene rings is 1. The highest BCUT2D eigenvalue weighted by Gasteiger charge is 2.18. The molecule has 0 saturated carbocycles. The van der Waals surface area contributed by atoms with Gasteiger partial charge in [-0.3, -0.25) is 4.79 Å². The molecule has 0 aliphatic carbocycles. The Morgan fingerprint density at radius 2 is 1.81 bits per heavy atom. The first-order valence-corrected chi connectivity index (χ1v) is 7.79. The van der Waals surface area contributed by atoms with Gasteiger partial charge in [-0.15, -0.1) is 0 Å². The van der Waals surface area contributed by atoms with E-state index in [4.69, 9.17) is 0 Å². The van der Waals surface area contributed by atoms with Crippen LogP contribution < -0.4 is 10.6 Å². The third-order valence-electron chi connectivity index (χ3n) is 3.63. The zero-order valence-corrected chi connectivity index (χ0v) is 14.3. The van der Waals surface area contributed by atoms with E-state index in [1.165, 1.54) is 0 Å². The fraction of sp³-hybridized carbons (Fsp3) is 0.611. The Morgan fingerprint density at radius 1 is 1.19 bits per heavy atom. The van der Waals surface area contributed by atoms with Crippen molar-refractivity contribution in [2.45, 2.75) is 53.5 Å². The molecule has 0 bridgehead atoms. The molecule has 1 rings (SSSR count). The fourth-order valence-electron chi connectivity index (χ4n) is 2.78. The molecule has 3 nitrogen and oxygen atoms in total. The summed E-state index contributed by atoms with van der Waals surface area (Å²) >= 11 is 0. The van der Waals surface area contributed by atoms with E-state index in [2.05, 4.69) is 51.3 Å². The van der Waals surface area contributed by atoms with E-state index >= 15 is 0 Å². The Morgan fingerprint density at radius 3 is 2.38 bits per heavy atom. The van der Waals surface area contributed by atoms with Gasteiger partial charge >= 0.3 is 0 Å². The molecule has 21 heavy (non-hydrogen) atoms. The Kier molecular flexibility index (Phi) is 6.41. The molecule has 0 aromatic heterocycles. The van der Waals surface area contributed by atoms with Crippen molar-refractivity contribution in [1.29, 1.82) is 0 Å². The molecular formula is C18H30N2O. The van der Waals surface area contributed by atoms with E-state index in [0.29, 0.717) is 12.3 Å². The Labute approximate surface area is 129 Å². The predicted octanol–water partition coefficient (Wildman–Crippen LogP) is 4.37. The SMILES string of the molecule is CNC(C)c1ccccc1NC(=O)CC(C)CC(C)(C)C. The lowest BCUT2D eigenvalue weighted by atomic mass is 9.84. The molecule has 1 aromatic rings. The highest BCUT2D eigenvalue weighted by Crippen LogP contribution is 2.27. The minimum atomic E-state index is 0.0995. The monoisotopic (exact) mass is 290 g/mol. The van der Waals surface area contributed by atoms with Crippen LogP contribution in [-0.4, -0.2) is 13.0 Å². The van der Waals surface area contributed by atoms with Gasteiger partial charge in [-0.05, 0) is 43.4 Å². The van der Waals surface area contributed by atoms with Crippen LogP contribution in [0.4, 0.5) is 5.69 Å². The summed E-state index contributed by atoms with van der Waals surface area (Å²) in [6, 6.07) is 8.19. The highest BCUT2D eigenvalue weighted by atomic mass is 16.1. The predicted molar refractivity (Wildman–Crippen MR) is 90.4 cm³/mol. The summed E-state index contributed by atoms with van der Waals surface area (Å²) in [7, 11) is 1.93. The van der Waals surface area contributed by atoms with Crippen molar-refractivity contribution < 1.29 is 4.79 Å². The third kappa shape index (κ3) is 6.30. The standard InChI is InChI=1S/C18H30N2O/c1-13(12-18(3,4)5)11-17(21)20-16-10-8-7-9-15(16)14(2)19-6/h7-10,13-14,19H,11-12H2,1-6H3,(H,20,21). The van der Waals surface area contributed by atoms with Gasteiger partial charge in [0.05, 0.1) is 0 Å². The molecule has 1 amide bonds. The number of anilines is 1. The molecule has 0 heterocycles. The maximum absolute atomic E-state index is 12.2. The maximum atomic E-state index is 12.2. The lowest BCUT2D eigenvalue weighted by Crippen LogP contribution is -2.21. The van der Waals surface area contributed by atoms with Crippen LogP contribution in [0.2, 0.25) is 0 Å². The molecule has 3 heteroatoms. The Balaban J connectivity index is 2.67. The minimum Gasteiger partial charge on any atom is -0.326 e. The molecule has 0 saturated heterocycles. The third-order valence-corrected chi connectivity index (χ3v) is 3.63.